The molecule has 0 bridgehead atoms. The first-order chi connectivity index (χ1) is 9.57. The van der Waals surface area contributed by atoms with Crippen molar-refractivity contribution < 1.29 is 14.6 Å². The van der Waals surface area contributed by atoms with Crippen molar-refractivity contribution in [1.29, 1.82) is 0 Å². The number of nitrogens with one attached hydrogen (secondary N) is 1. The second-order valence-electron chi connectivity index (χ2n) is 4.56. The van der Waals surface area contributed by atoms with E-state index in [9.17, 15) is 4.79 Å². The summed E-state index contributed by atoms with van der Waals surface area (Å²) in [7, 11) is 1.52. The number of anilines is 1. The number of ether oxygens (including phenoxy) is 1. The number of benzene rings is 1. The number of carbonyl (C=O) groups excluding carboxylic acids is 1. The molecule has 0 aliphatic heterocycles. The summed E-state index contributed by atoms with van der Waals surface area (Å²) in [4.78, 5) is 12.3. The molecule has 4 nitrogen and oxygen atoms in total. The van der Waals surface area contributed by atoms with Crippen LogP contribution in [0.2, 0.25) is 0 Å². The Kier molecular flexibility index (Phi) is 6.23. The fraction of sp³-hybridized carbons (Fsp3) is 0.438. The molecule has 0 saturated carbocycles. The fourth-order valence-electron chi connectivity index (χ4n) is 1.57. The average molecular weight is 275 g/mol. The van der Waals surface area contributed by atoms with Crippen molar-refractivity contribution in [2.75, 3.05) is 19.0 Å². The maximum absolute atomic E-state index is 12.3. The Morgan fingerprint density at radius 1 is 1.45 bits per heavy atom. The van der Waals surface area contributed by atoms with Crippen LogP contribution in [0.1, 0.15) is 32.3 Å². The highest BCUT2D eigenvalue weighted by Crippen LogP contribution is 2.20. The third-order valence-corrected chi connectivity index (χ3v) is 3.24. The summed E-state index contributed by atoms with van der Waals surface area (Å²) in [6.45, 7) is 3.68. The molecule has 1 amide bonds. The minimum absolute atomic E-state index is 0.0269. The first-order valence-electron chi connectivity index (χ1n) is 6.62. The van der Waals surface area contributed by atoms with E-state index in [0.29, 0.717) is 18.5 Å². The lowest BCUT2D eigenvalue weighted by atomic mass is 10.0. The van der Waals surface area contributed by atoms with E-state index in [-0.39, 0.29) is 12.5 Å². The Bertz CT molecular complexity index is 510. The van der Waals surface area contributed by atoms with Gasteiger partial charge in [0.2, 0.25) is 0 Å². The van der Waals surface area contributed by atoms with E-state index >= 15 is 0 Å². The van der Waals surface area contributed by atoms with Gasteiger partial charge in [-0.15, -0.1) is 0 Å². The van der Waals surface area contributed by atoms with Gasteiger partial charge in [-0.3, -0.25) is 4.79 Å². The number of hydrogen-bond donors (Lipinski definition) is 2. The number of hydrogen-bond acceptors (Lipinski definition) is 3. The lowest BCUT2D eigenvalue weighted by molar-refractivity contribution is -0.136. The first kappa shape index (κ1) is 16.2. The number of aliphatic hydroxyl groups is 1. The molecule has 0 heterocycles. The number of amides is 1. The molecule has 0 radical (unpaired) electrons. The fourth-order valence-corrected chi connectivity index (χ4v) is 1.57. The van der Waals surface area contributed by atoms with Crippen LogP contribution in [0.25, 0.3) is 0 Å². The standard InChI is InChI=1S/C16H21NO3/c1-4-16(2,20-3)15(19)17-14-11-6-5-9-13(14)10-7-8-12-18/h5-6,9,11,18H,4,8,12H2,1-3H3,(H,17,19). The number of methoxy groups -OCH3 is 1. The number of rotatable bonds is 5. The van der Waals surface area contributed by atoms with Gasteiger partial charge >= 0.3 is 0 Å². The van der Waals surface area contributed by atoms with Crippen LogP contribution in [0.5, 0.6) is 0 Å². The minimum atomic E-state index is -0.856. The number of carbonyl (C=O) groups is 1. The van der Waals surface area contributed by atoms with Gasteiger partial charge in [0.25, 0.3) is 5.91 Å². The van der Waals surface area contributed by atoms with Crippen LogP contribution < -0.4 is 5.32 Å². The highest BCUT2D eigenvalue weighted by Gasteiger charge is 2.31. The smallest absolute Gasteiger partial charge is 0.256 e. The van der Waals surface area contributed by atoms with E-state index in [4.69, 9.17) is 9.84 Å². The third kappa shape index (κ3) is 4.09. The quantitative estimate of drug-likeness (QED) is 0.810. The molecule has 0 aliphatic rings. The molecule has 108 valence electrons. The molecule has 0 spiro atoms. The van der Waals surface area contributed by atoms with Crippen molar-refractivity contribution in [2.45, 2.75) is 32.3 Å². The monoisotopic (exact) mass is 275 g/mol. The number of para-hydroxylation sites is 1. The summed E-state index contributed by atoms with van der Waals surface area (Å²) in [5, 5.41) is 11.6. The lowest BCUT2D eigenvalue weighted by Crippen LogP contribution is -2.41. The van der Waals surface area contributed by atoms with Crippen LogP contribution in [0, 0.1) is 11.8 Å². The molecule has 2 N–H and O–H groups in total. The van der Waals surface area contributed by atoms with Gasteiger partial charge in [-0.2, -0.15) is 0 Å². The van der Waals surface area contributed by atoms with Crippen LogP contribution in [-0.4, -0.2) is 30.3 Å². The molecule has 4 heteroatoms. The molecule has 1 aromatic carbocycles. The van der Waals surface area contributed by atoms with Crippen molar-refractivity contribution in [2.24, 2.45) is 0 Å². The summed E-state index contributed by atoms with van der Waals surface area (Å²) in [6.07, 6.45) is 0.987. The van der Waals surface area contributed by atoms with Crippen molar-refractivity contribution in [3.8, 4) is 11.8 Å². The van der Waals surface area contributed by atoms with E-state index in [1.165, 1.54) is 7.11 Å². The Labute approximate surface area is 120 Å². The zero-order valence-corrected chi connectivity index (χ0v) is 12.2. The highest BCUT2D eigenvalue weighted by atomic mass is 16.5. The van der Waals surface area contributed by atoms with E-state index < -0.39 is 5.60 Å². The summed E-state index contributed by atoms with van der Waals surface area (Å²) in [5.74, 6) is 5.60. The minimum Gasteiger partial charge on any atom is -0.395 e. The van der Waals surface area contributed by atoms with Crippen molar-refractivity contribution in [3.63, 3.8) is 0 Å². The molecule has 1 rings (SSSR count). The second kappa shape index (κ2) is 7.68. The SMILES string of the molecule is CCC(C)(OC)C(=O)Nc1ccccc1C#CCCO. The molecular formula is C16H21NO3. The van der Waals surface area contributed by atoms with Crippen LogP contribution in [0.15, 0.2) is 24.3 Å². The van der Waals surface area contributed by atoms with Gasteiger partial charge in [-0.05, 0) is 25.5 Å². The Morgan fingerprint density at radius 3 is 2.75 bits per heavy atom. The summed E-state index contributed by atoms with van der Waals surface area (Å²) in [5.41, 5.74) is 0.523. The molecule has 1 unspecified atom stereocenters. The van der Waals surface area contributed by atoms with Crippen LogP contribution in [-0.2, 0) is 9.53 Å². The second-order valence-corrected chi connectivity index (χ2v) is 4.56. The lowest BCUT2D eigenvalue weighted by Gasteiger charge is -2.25. The molecule has 20 heavy (non-hydrogen) atoms. The Hall–Kier alpha value is -1.83. The van der Waals surface area contributed by atoms with E-state index in [1.54, 1.807) is 13.0 Å². The van der Waals surface area contributed by atoms with Crippen molar-refractivity contribution >= 4 is 11.6 Å². The van der Waals surface area contributed by atoms with Gasteiger partial charge in [-0.25, -0.2) is 0 Å². The maximum atomic E-state index is 12.3. The zero-order chi connectivity index (χ0) is 15.0. The molecule has 0 saturated heterocycles. The van der Waals surface area contributed by atoms with Crippen LogP contribution in [0.4, 0.5) is 5.69 Å². The van der Waals surface area contributed by atoms with Crippen LogP contribution in [0.3, 0.4) is 0 Å². The third-order valence-electron chi connectivity index (χ3n) is 3.24. The van der Waals surface area contributed by atoms with E-state index in [2.05, 4.69) is 17.2 Å². The maximum Gasteiger partial charge on any atom is 0.256 e. The topological polar surface area (TPSA) is 58.6 Å². The van der Waals surface area contributed by atoms with Crippen molar-refractivity contribution in [1.82, 2.24) is 0 Å². The Morgan fingerprint density at radius 2 is 2.15 bits per heavy atom. The first-order valence-corrected chi connectivity index (χ1v) is 6.62. The predicted molar refractivity (Wildman–Crippen MR) is 79.4 cm³/mol. The molecule has 1 atom stereocenters. The van der Waals surface area contributed by atoms with Crippen LogP contribution >= 0.6 is 0 Å². The molecule has 0 aliphatic carbocycles. The van der Waals surface area contributed by atoms with Crippen molar-refractivity contribution in [3.05, 3.63) is 29.8 Å². The molecular weight excluding hydrogens is 254 g/mol. The normalized spacial score (nSPS) is 13.0. The zero-order valence-electron chi connectivity index (χ0n) is 12.2. The van der Waals surface area contributed by atoms with Gasteiger partial charge in [0.15, 0.2) is 0 Å². The van der Waals surface area contributed by atoms with E-state index in [1.807, 2.05) is 25.1 Å². The van der Waals surface area contributed by atoms with Gasteiger partial charge in [0, 0.05) is 19.1 Å². The molecule has 0 aromatic heterocycles. The van der Waals surface area contributed by atoms with Gasteiger partial charge < -0.3 is 15.2 Å². The van der Waals surface area contributed by atoms with Gasteiger partial charge in [0.05, 0.1) is 12.3 Å². The summed E-state index contributed by atoms with van der Waals surface area (Å²) in [6, 6.07) is 7.32. The summed E-state index contributed by atoms with van der Waals surface area (Å²) < 4.78 is 5.28. The highest BCUT2D eigenvalue weighted by molar-refractivity contribution is 5.98. The largest absolute Gasteiger partial charge is 0.395 e. The van der Waals surface area contributed by atoms with E-state index in [0.717, 1.165) is 5.56 Å². The van der Waals surface area contributed by atoms with Gasteiger partial charge in [-0.1, -0.05) is 30.9 Å². The summed E-state index contributed by atoms with van der Waals surface area (Å²) >= 11 is 0. The average Bonchev–Trinajstić information content (AvgIpc) is 2.48. The molecule has 1 aromatic rings. The number of aliphatic hydroxyl groups excluding tert-OH is 1. The Balaban J connectivity index is 2.93. The predicted octanol–water partition coefficient (Wildman–Crippen LogP) is 2.17. The molecule has 0 fully saturated rings. The van der Waals surface area contributed by atoms with Gasteiger partial charge in [0.1, 0.15) is 5.60 Å².